The molecule has 0 aromatic heterocycles. The third kappa shape index (κ3) is 3.57. The van der Waals surface area contributed by atoms with Crippen LogP contribution in [0.25, 0.3) is 0 Å². The number of nitrogens with one attached hydrogen (secondary N) is 2. The Labute approximate surface area is 173 Å². The lowest BCUT2D eigenvalue weighted by Crippen LogP contribution is -2.49. The second-order valence-electron chi connectivity index (χ2n) is 9.47. The van der Waals surface area contributed by atoms with E-state index < -0.39 is 11.5 Å². The number of hydrogen-bond acceptors (Lipinski definition) is 2. The van der Waals surface area contributed by atoms with Gasteiger partial charge in [-0.3, -0.25) is 9.59 Å². The Morgan fingerprint density at radius 2 is 1.48 bits per heavy atom. The first-order valence-corrected chi connectivity index (χ1v) is 10.5. The normalized spacial score (nSPS) is 23.0. The van der Waals surface area contributed by atoms with E-state index in [0.717, 1.165) is 6.42 Å². The van der Waals surface area contributed by atoms with Crippen molar-refractivity contribution in [1.29, 1.82) is 0 Å². The number of hydrogen-bond donors (Lipinski definition) is 2. The molecule has 5 rings (SSSR count). The average Bonchev–Trinajstić information content (AvgIpc) is 2.71. The third-order valence-electron chi connectivity index (χ3n) is 6.38. The predicted molar refractivity (Wildman–Crippen MR) is 115 cm³/mol. The fraction of sp³-hybridized carbons (Fsp3) is 0.440. The number of carbonyl (C=O) groups excluding carboxylic acids is 2. The van der Waals surface area contributed by atoms with Crippen LogP contribution in [-0.4, -0.2) is 24.4 Å². The minimum atomic E-state index is -0.540. The van der Waals surface area contributed by atoms with Gasteiger partial charge in [0.15, 0.2) is 0 Å². The molecule has 29 heavy (non-hydrogen) atoms. The first-order chi connectivity index (χ1) is 13.8. The summed E-state index contributed by atoms with van der Waals surface area (Å²) < 4.78 is 0. The van der Waals surface area contributed by atoms with Gasteiger partial charge in [0.1, 0.15) is 6.04 Å². The van der Waals surface area contributed by atoms with Gasteiger partial charge in [0.25, 0.3) is 0 Å². The van der Waals surface area contributed by atoms with Crippen molar-refractivity contribution in [2.45, 2.75) is 52.0 Å². The maximum Gasteiger partial charge on any atom is 0.242 e. The second-order valence-corrected chi connectivity index (χ2v) is 9.47. The van der Waals surface area contributed by atoms with Crippen LogP contribution >= 0.6 is 0 Å². The maximum absolute atomic E-state index is 12.6. The zero-order chi connectivity index (χ0) is 20.8. The summed E-state index contributed by atoms with van der Waals surface area (Å²) in [5.41, 5.74) is 5.16. The summed E-state index contributed by atoms with van der Waals surface area (Å²) in [6.45, 7) is 7.91. The van der Waals surface area contributed by atoms with Gasteiger partial charge in [-0.1, -0.05) is 69.3 Å². The highest BCUT2D eigenvalue weighted by molar-refractivity contribution is 5.89. The molecule has 0 saturated heterocycles. The van der Waals surface area contributed by atoms with E-state index in [4.69, 9.17) is 0 Å². The summed E-state index contributed by atoms with van der Waals surface area (Å²) in [6, 6.07) is 16.9. The molecule has 152 valence electrons. The van der Waals surface area contributed by atoms with Crippen LogP contribution in [0.3, 0.4) is 0 Å². The van der Waals surface area contributed by atoms with Crippen molar-refractivity contribution < 1.29 is 9.59 Å². The quantitative estimate of drug-likeness (QED) is 0.830. The van der Waals surface area contributed by atoms with Crippen LogP contribution in [0.15, 0.2) is 48.5 Å². The van der Waals surface area contributed by atoms with Crippen molar-refractivity contribution in [3.63, 3.8) is 0 Å². The Kier molecular flexibility index (Phi) is 4.97. The zero-order valence-corrected chi connectivity index (χ0v) is 17.7. The van der Waals surface area contributed by atoms with Crippen molar-refractivity contribution in [3.8, 4) is 0 Å². The van der Waals surface area contributed by atoms with Crippen LogP contribution in [0.4, 0.5) is 0 Å². The number of rotatable bonds is 4. The SMILES string of the molecule is C[C@@H](NC(=O)C(C)(C)C)C(=O)NC[C@H]1CC2c3ccccc3C1c1ccccc12. The molecular formula is C25H30N2O2. The van der Waals surface area contributed by atoms with Crippen molar-refractivity contribution in [3.05, 3.63) is 70.8 Å². The zero-order valence-electron chi connectivity index (χ0n) is 17.7. The number of benzene rings is 2. The fourth-order valence-electron chi connectivity index (χ4n) is 4.82. The molecule has 4 nitrogen and oxygen atoms in total. The summed E-state index contributed by atoms with van der Waals surface area (Å²) in [5, 5.41) is 5.92. The van der Waals surface area contributed by atoms with Crippen molar-refractivity contribution in [2.24, 2.45) is 11.3 Å². The molecule has 2 aromatic carbocycles. The Morgan fingerprint density at radius 1 is 0.966 bits per heavy atom. The molecule has 2 atom stereocenters. The number of amides is 2. The molecule has 2 amide bonds. The van der Waals surface area contributed by atoms with Crippen LogP contribution in [0.1, 0.15) is 68.2 Å². The summed E-state index contributed by atoms with van der Waals surface area (Å²) >= 11 is 0. The van der Waals surface area contributed by atoms with Gasteiger partial charge in [-0.25, -0.2) is 0 Å². The van der Waals surface area contributed by atoms with Crippen molar-refractivity contribution >= 4 is 11.8 Å². The standard InChI is InChI=1S/C25H30N2O2/c1-15(27-24(29)25(2,3)4)23(28)26-14-16-13-21-17-9-5-7-11-19(17)22(16)20-12-8-6-10-18(20)21/h5-12,15-16,21-22H,13-14H2,1-4H3,(H,26,28)(H,27,29)/t15-,16-,21?,22?/m1/s1. The van der Waals surface area contributed by atoms with E-state index in [9.17, 15) is 9.59 Å². The topological polar surface area (TPSA) is 58.2 Å². The van der Waals surface area contributed by atoms with E-state index in [1.807, 2.05) is 20.8 Å². The monoisotopic (exact) mass is 390 g/mol. The van der Waals surface area contributed by atoms with E-state index >= 15 is 0 Å². The minimum Gasteiger partial charge on any atom is -0.354 e. The molecule has 0 radical (unpaired) electrons. The predicted octanol–water partition coefficient (Wildman–Crippen LogP) is 3.95. The minimum absolute atomic E-state index is 0.111. The Balaban J connectivity index is 1.49. The van der Waals surface area contributed by atoms with Crippen LogP contribution in [0.5, 0.6) is 0 Å². The van der Waals surface area contributed by atoms with E-state index in [2.05, 4.69) is 59.2 Å². The molecule has 2 bridgehead atoms. The lowest BCUT2D eigenvalue weighted by atomic mass is 9.59. The molecule has 0 fully saturated rings. The summed E-state index contributed by atoms with van der Waals surface area (Å²) in [5.74, 6) is 0.837. The van der Waals surface area contributed by atoms with Gasteiger partial charge in [0, 0.05) is 23.8 Å². The van der Waals surface area contributed by atoms with Gasteiger partial charge in [0.05, 0.1) is 0 Å². The van der Waals surface area contributed by atoms with Gasteiger partial charge in [0.2, 0.25) is 11.8 Å². The van der Waals surface area contributed by atoms with Gasteiger partial charge in [-0.05, 0) is 41.5 Å². The molecule has 4 heteroatoms. The molecule has 0 heterocycles. The highest BCUT2D eigenvalue weighted by Gasteiger charge is 2.43. The molecule has 0 unspecified atom stereocenters. The van der Waals surface area contributed by atoms with E-state index in [-0.39, 0.29) is 11.8 Å². The largest absolute Gasteiger partial charge is 0.354 e. The van der Waals surface area contributed by atoms with Crippen molar-refractivity contribution in [1.82, 2.24) is 10.6 Å². The van der Waals surface area contributed by atoms with E-state index in [0.29, 0.717) is 24.3 Å². The van der Waals surface area contributed by atoms with E-state index in [1.165, 1.54) is 22.3 Å². The highest BCUT2D eigenvalue weighted by Crippen LogP contribution is 2.55. The smallest absolute Gasteiger partial charge is 0.242 e. The van der Waals surface area contributed by atoms with Crippen molar-refractivity contribution in [2.75, 3.05) is 6.54 Å². The van der Waals surface area contributed by atoms with Crippen LogP contribution < -0.4 is 10.6 Å². The maximum atomic E-state index is 12.6. The summed E-state index contributed by atoms with van der Waals surface area (Å²) in [6.07, 6.45) is 1.04. The lowest BCUT2D eigenvalue weighted by molar-refractivity contribution is -0.133. The molecule has 0 aliphatic heterocycles. The number of carbonyl (C=O) groups is 2. The van der Waals surface area contributed by atoms with E-state index in [1.54, 1.807) is 6.92 Å². The highest BCUT2D eigenvalue weighted by atomic mass is 16.2. The molecule has 3 aliphatic rings. The number of fused-ring (bicyclic) bond motifs is 1. The van der Waals surface area contributed by atoms with Crippen LogP contribution in [-0.2, 0) is 9.59 Å². The van der Waals surface area contributed by atoms with Crippen LogP contribution in [0.2, 0.25) is 0 Å². The van der Waals surface area contributed by atoms with Gasteiger partial charge >= 0.3 is 0 Å². The first kappa shape index (κ1) is 19.7. The fourth-order valence-corrected chi connectivity index (χ4v) is 4.82. The Bertz CT molecular complexity index is 896. The first-order valence-electron chi connectivity index (χ1n) is 10.5. The second kappa shape index (κ2) is 7.33. The van der Waals surface area contributed by atoms with Gasteiger partial charge in [-0.15, -0.1) is 0 Å². The summed E-state index contributed by atoms with van der Waals surface area (Å²) in [4.78, 5) is 24.8. The average molecular weight is 391 g/mol. The lowest BCUT2D eigenvalue weighted by Gasteiger charge is -2.45. The molecule has 3 aliphatic carbocycles. The third-order valence-corrected chi connectivity index (χ3v) is 6.38. The molecule has 0 saturated carbocycles. The van der Waals surface area contributed by atoms with Crippen LogP contribution in [0, 0.1) is 11.3 Å². The Morgan fingerprint density at radius 3 is 2.00 bits per heavy atom. The molecule has 2 N–H and O–H groups in total. The van der Waals surface area contributed by atoms with Gasteiger partial charge in [-0.2, -0.15) is 0 Å². The summed E-state index contributed by atoms with van der Waals surface area (Å²) in [7, 11) is 0. The Hall–Kier alpha value is -2.62. The van der Waals surface area contributed by atoms with Gasteiger partial charge < -0.3 is 10.6 Å². The molecular weight excluding hydrogens is 360 g/mol. The molecule has 0 spiro atoms. The molecule has 2 aromatic rings.